The van der Waals surface area contributed by atoms with Crippen LogP contribution < -0.4 is 5.32 Å². The zero-order chi connectivity index (χ0) is 12.3. The van der Waals surface area contributed by atoms with Gasteiger partial charge < -0.3 is 5.32 Å². The largest absolute Gasteiger partial charge is 0.349 e. The second-order valence-corrected chi connectivity index (χ2v) is 3.93. The van der Waals surface area contributed by atoms with E-state index in [4.69, 9.17) is 0 Å². The summed E-state index contributed by atoms with van der Waals surface area (Å²) < 4.78 is 0. The molecule has 17 heavy (non-hydrogen) atoms. The standard InChI is InChI=1S/C14H13NO2/c1-10(15-9-16)14(17)13-7-6-11-4-2-3-5-12(11)8-13/h2-10H,1H3,(H,15,16). The lowest BCUT2D eigenvalue weighted by molar-refractivity contribution is -0.109. The highest BCUT2D eigenvalue weighted by molar-refractivity contribution is 6.03. The van der Waals surface area contributed by atoms with E-state index in [0.717, 1.165) is 10.8 Å². The molecule has 0 saturated carbocycles. The van der Waals surface area contributed by atoms with Crippen LogP contribution in [-0.2, 0) is 4.79 Å². The highest BCUT2D eigenvalue weighted by Gasteiger charge is 2.14. The molecule has 86 valence electrons. The Hall–Kier alpha value is -2.16. The SMILES string of the molecule is CC(NC=O)C(=O)c1ccc2ccccc2c1. The minimum Gasteiger partial charge on any atom is -0.349 e. The van der Waals surface area contributed by atoms with E-state index in [1.54, 1.807) is 13.0 Å². The molecule has 0 aromatic heterocycles. The Labute approximate surface area is 99.4 Å². The molecule has 0 aliphatic rings. The molecule has 3 heteroatoms. The van der Waals surface area contributed by atoms with Crippen LogP contribution in [0.1, 0.15) is 17.3 Å². The Morgan fingerprint density at radius 3 is 2.59 bits per heavy atom. The number of fused-ring (bicyclic) bond motifs is 1. The maximum Gasteiger partial charge on any atom is 0.207 e. The summed E-state index contributed by atoms with van der Waals surface area (Å²) in [5.74, 6) is -0.0807. The topological polar surface area (TPSA) is 46.2 Å². The second-order valence-electron chi connectivity index (χ2n) is 3.93. The summed E-state index contributed by atoms with van der Waals surface area (Å²) >= 11 is 0. The Kier molecular flexibility index (Phi) is 3.19. The predicted molar refractivity (Wildman–Crippen MR) is 66.9 cm³/mol. The Balaban J connectivity index is 2.36. The van der Waals surface area contributed by atoms with Crippen molar-refractivity contribution in [2.24, 2.45) is 0 Å². The van der Waals surface area contributed by atoms with Gasteiger partial charge in [0.25, 0.3) is 0 Å². The molecule has 3 nitrogen and oxygen atoms in total. The number of benzene rings is 2. The number of amides is 1. The van der Waals surface area contributed by atoms with Gasteiger partial charge in [-0.15, -0.1) is 0 Å². The molecule has 1 unspecified atom stereocenters. The van der Waals surface area contributed by atoms with Crippen molar-refractivity contribution in [1.29, 1.82) is 0 Å². The van der Waals surface area contributed by atoms with Gasteiger partial charge in [0.15, 0.2) is 5.78 Å². The van der Waals surface area contributed by atoms with Crippen LogP contribution >= 0.6 is 0 Å². The fourth-order valence-electron chi connectivity index (χ4n) is 1.77. The third kappa shape index (κ3) is 2.33. The number of carbonyl (C=O) groups is 2. The van der Waals surface area contributed by atoms with Crippen molar-refractivity contribution in [1.82, 2.24) is 5.32 Å². The molecular weight excluding hydrogens is 214 g/mol. The number of nitrogens with one attached hydrogen (secondary N) is 1. The maximum atomic E-state index is 12.0. The lowest BCUT2D eigenvalue weighted by atomic mass is 10.0. The lowest BCUT2D eigenvalue weighted by Crippen LogP contribution is -2.32. The minimum absolute atomic E-state index is 0.0807. The molecule has 0 fully saturated rings. The molecule has 0 spiro atoms. The summed E-state index contributed by atoms with van der Waals surface area (Å²) in [6.45, 7) is 1.67. The van der Waals surface area contributed by atoms with Crippen LogP contribution in [0.3, 0.4) is 0 Å². The molecule has 0 heterocycles. The molecule has 0 radical (unpaired) electrons. The first kappa shape index (κ1) is 11.3. The van der Waals surface area contributed by atoms with E-state index < -0.39 is 6.04 Å². The predicted octanol–water partition coefficient (Wildman–Crippen LogP) is 2.16. The van der Waals surface area contributed by atoms with Gasteiger partial charge in [-0.2, -0.15) is 0 Å². The van der Waals surface area contributed by atoms with Crippen molar-refractivity contribution in [2.45, 2.75) is 13.0 Å². The van der Waals surface area contributed by atoms with Gasteiger partial charge in [-0.05, 0) is 23.8 Å². The van der Waals surface area contributed by atoms with Crippen LogP contribution in [0.25, 0.3) is 10.8 Å². The van der Waals surface area contributed by atoms with Gasteiger partial charge in [-0.25, -0.2) is 0 Å². The summed E-state index contributed by atoms with van der Waals surface area (Å²) in [7, 11) is 0. The molecule has 1 atom stereocenters. The minimum atomic E-state index is -0.492. The smallest absolute Gasteiger partial charge is 0.207 e. The Morgan fingerprint density at radius 2 is 1.88 bits per heavy atom. The molecule has 0 aliphatic heterocycles. The average molecular weight is 227 g/mol. The number of hydrogen-bond donors (Lipinski definition) is 1. The summed E-state index contributed by atoms with van der Waals surface area (Å²) in [6, 6.07) is 12.9. The molecule has 0 saturated heterocycles. The van der Waals surface area contributed by atoms with Crippen LogP contribution in [0.15, 0.2) is 42.5 Å². The summed E-state index contributed by atoms with van der Waals surface area (Å²) in [6.07, 6.45) is 0.545. The second kappa shape index (κ2) is 4.78. The van der Waals surface area contributed by atoms with Crippen molar-refractivity contribution >= 4 is 23.0 Å². The van der Waals surface area contributed by atoms with Crippen LogP contribution in [0.5, 0.6) is 0 Å². The first-order chi connectivity index (χ1) is 8.22. The van der Waals surface area contributed by atoms with E-state index in [0.29, 0.717) is 12.0 Å². The molecule has 0 bridgehead atoms. The van der Waals surface area contributed by atoms with Crippen LogP contribution in [0, 0.1) is 0 Å². The van der Waals surface area contributed by atoms with Crippen molar-refractivity contribution in [2.75, 3.05) is 0 Å². The van der Waals surface area contributed by atoms with Crippen LogP contribution in [-0.4, -0.2) is 18.2 Å². The summed E-state index contributed by atoms with van der Waals surface area (Å²) in [5, 5.41) is 4.58. The van der Waals surface area contributed by atoms with Gasteiger partial charge in [0.1, 0.15) is 0 Å². The summed E-state index contributed by atoms with van der Waals surface area (Å²) in [4.78, 5) is 22.3. The normalized spacial score (nSPS) is 12.1. The first-order valence-corrected chi connectivity index (χ1v) is 5.45. The average Bonchev–Trinajstić information content (AvgIpc) is 2.37. The molecule has 2 aromatic rings. The van der Waals surface area contributed by atoms with Crippen LogP contribution in [0.2, 0.25) is 0 Å². The van der Waals surface area contributed by atoms with E-state index in [9.17, 15) is 9.59 Å². The van der Waals surface area contributed by atoms with Crippen molar-refractivity contribution in [3.63, 3.8) is 0 Å². The van der Waals surface area contributed by atoms with Crippen molar-refractivity contribution < 1.29 is 9.59 Å². The van der Waals surface area contributed by atoms with E-state index in [1.807, 2.05) is 36.4 Å². The van der Waals surface area contributed by atoms with Crippen molar-refractivity contribution in [3.05, 3.63) is 48.0 Å². The van der Waals surface area contributed by atoms with E-state index >= 15 is 0 Å². The van der Waals surface area contributed by atoms with Gasteiger partial charge in [0, 0.05) is 5.56 Å². The quantitative estimate of drug-likeness (QED) is 0.642. The van der Waals surface area contributed by atoms with Gasteiger partial charge in [-0.3, -0.25) is 9.59 Å². The van der Waals surface area contributed by atoms with Gasteiger partial charge in [0.2, 0.25) is 6.41 Å². The highest BCUT2D eigenvalue weighted by Crippen LogP contribution is 2.16. The van der Waals surface area contributed by atoms with Gasteiger partial charge in [0.05, 0.1) is 6.04 Å². The fourth-order valence-corrected chi connectivity index (χ4v) is 1.77. The third-order valence-corrected chi connectivity index (χ3v) is 2.75. The third-order valence-electron chi connectivity index (χ3n) is 2.75. The number of carbonyl (C=O) groups excluding carboxylic acids is 2. The van der Waals surface area contributed by atoms with Crippen LogP contribution in [0.4, 0.5) is 0 Å². The maximum absolute atomic E-state index is 12.0. The monoisotopic (exact) mass is 227 g/mol. The zero-order valence-corrected chi connectivity index (χ0v) is 9.51. The van der Waals surface area contributed by atoms with Crippen molar-refractivity contribution in [3.8, 4) is 0 Å². The Morgan fingerprint density at radius 1 is 1.18 bits per heavy atom. The lowest BCUT2D eigenvalue weighted by Gasteiger charge is -2.09. The summed E-state index contributed by atoms with van der Waals surface area (Å²) in [5.41, 5.74) is 0.616. The number of ketones is 1. The molecular formula is C14H13NO2. The molecule has 0 aliphatic carbocycles. The van der Waals surface area contributed by atoms with E-state index in [1.165, 1.54) is 0 Å². The first-order valence-electron chi connectivity index (χ1n) is 5.45. The molecule has 1 amide bonds. The number of Topliss-reactive ketones (excluding diaryl/α,β-unsaturated/α-hetero) is 1. The van der Waals surface area contributed by atoms with Gasteiger partial charge in [-0.1, -0.05) is 36.4 Å². The van der Waals surface area contributed by atoms with Gasteiger partial charge >= 0.3 is 0 Å². The molecule has 1 N–H and O–H groups in total. The zero-order valence-electron chi connectivity index (χ0n) is 9.51. The fraction of sp³-hybridized carbons (Fsp3) is 0.143. The molecule has 2 aromatic carbocycles. The van der Waals surface area contributed by atoms with E-state index in [-0.39, 0.29) is 5.78 Å². The number of rotatable bonds is 4. The Bertz CT molecular complexity index is 563. The van der Waals surface area contributed by atoms with E-state index in [2.05, 4.69) is 5.32 Å². The highest BCUT2D eigenvalue weighted by atomic mass is 16.1. The molecule has 2 rings (SSSR count). The number of hydrogen-bond acceptors (Lipinski definition) is 2.